The molecule has 0 aromatic heterocycles. The maximum atomic E-state index is 14.2. The van der Waals surface area contributed by atoms with E-state index < -0.39 is 46.3 Å². The molecule has 1 aliphatic heterocycles. The van der Waals surface area contributed by atoms with E-state index in [0.717, 1.165) is 12.3 Å². The van der Waals surface area contributed by atoms with Crippen LogP contribution in [0.15, 0.2) is 41.2 Å². The van der Waals surface area contributed by atoms with Gasteiger partial charge in [-0.3, -0.25) is 18.9 Å². The second-order valence-corrected chi connectivity index (χ2v) is 13.9. The molecule has 9 nitrogen and oxygen atoms in total. The number of anilines is 2. The van der Waals surface area contributed by atoms with E-state index in [9.17, 15) is 27.0 Å². The smallest absolute Gasteiger partial charge is 0.342 e. The number of ketones is 2. The standard InChI is InChI=1S/C25H29FN3O6PS/c1-14(2)10-11-25(3)18-8-6-15(26)12-17(18)22(30)21(23(25)31)24-27-19-9-7-16(29-37(5,33)34)13-20(19)36(32,28-24)35-4/h6-9,12-14,21,29H,10-11H2,1-5H3,(H,27,28,32). The van der Waals surface area contributed by atoms with Gasteiger partial charge in [0.2, 0.25) is 10.0 Å². The number of hydrogen-bond donors (Lipinski definition) is 2. The van der Waals surface area contributed by atoms with E-state index >= 15 is 0 Å². The van der Waals surface area contributed by atoms with E-state index in [1.165, 1.54) is 37.4 Å². The molecule has 2 aromatic carbocycles. The topological polar surface area (TPSA) is 131 Å². The molecule has 0 amide bonds. The first-order chi connectivity index (χ1) is 17.2. The minimum absolute atomic E-state index is 0.0807. The average Bonchev–Trinajstić information content (AvgIpc) is 2.81. The van der Waals surface area contributed by atoms with Crippen LogP contribution in [0, 0.1) is 17.7 Å². The van der Waals surface area contributed by atoms with Crippen LogP contribution in [0.3, 0.4) is 0 Å². The molecule has 2 N–H and O–H groups in total. The maximum absolute atomic E-state index is 14.2. The summed E-state index contributed by atoms with van der Waals surface area (Å²) >= 11 is 0. The van der Waals surface area contributed by atoms with Crippen molar-refractivity contribution in [1.29, 1.82) is 0 Å². The van der Waals surface area contributed by atoms with Gasteiger partial charge in [0.15, 0.2) is 11.6 Å². The van der Waals surface area contributed by atoms with Crippen molar-refractivity contribution in [2.24, 2.45) is 16.6 Å². The van der Waals surface area contributed by atoms with Gasteiger partial charge in [-0.05, 0) is 61.6 Å². The predicted molar refractivity (Wildman–Crippen MR) is 141 cm³/mol. The average molecular weight is 550 g/mol. The number of sulfonamides is 1. The fourth-order valence-electron chi connectivity index (χ4n) is 4.79. The van der Waals surface area contributed by atoms with Crippen LogP contribution in [0.4, 0.5) is 15.8 Å². The van der Waals surface area contributed by atoms with Crippen LogP contribution in [-0.4, -0.2) is 39.2 Å². The summed E-state index contributed by atoms with van der Waals surface area (Å²) in [6, 6.07) is 8.08. The zero-order chi connectivity index (χ0) is 27.3. The molecule has 1 heterocycles. The zero-order valence-corrected chi connectivity index (χ0v) is 22.9. The third-order valence-corrected chi connectivity index (χ3v) is 9.32. The van der Waals surface area contributed by atoms with Crippen LogP contribution >= 0.6 is 7.52 Å². The summed E-state index contributed by atoms with van der Waals surface area (Å²) in [5.74, 6) is -2.99. The number of rotatable bonds is 7. The first-order valence-electron chi connectivity index (χ1n) is 11.7. The number of fused-ring (bicyclic) bond motifs is 2. The van der Waals surface area contributed by atoms with E-state index in [1.807, 2.05) is 13.8 Å². The molecule has 12 heteroatoms. The minimum atomic E-state index is -4.01. The summed E-state index contributed by atoms with van der Waals surface area (Å²) in [6.45, 7) is 5.79. The molecule has 3 unspecified atom stereocenters. The molecule has 3 atom stereocenters. The van der Waals surface area contributed by atoms with Crippen LogP contribution in [0.1, 0.15) is 49.5 Å². The molecule has 2 aliphatic rings. The first kappa shape index (κ1) is 27.2. The summed E-state index contributed by atoms with van der Waals surface area (Å²) in [4.78, 5) is 27.6. The fourth-order valence-corrected chi connectivity index (χ4v) is 6.91. The van der Waals surface area contributed by atoms with Crippen LogP contribution in [0.25, 0.3) is 0 Å². The number of benzene rings is 2. The lowest BCUT2D eigenvalue weighted by atomic mass is 9.63. The number of nitrogens with zero attached hydrogens (tertiary/aromatic N) is 1. The maximum Gasteiger partial charge on any atom is 0.348 e. The Bertz CT molecular complexity index is 1490. The highest BCUT2D eigenvalue weighted by Gasteiger charge is 2.52. The number of hydrogen-bond acceptors (Lipinski definition) is 7. The molecular weight excluding hydrogens is 520 g/mol. The van der Waals surface area contributed by atoms with Crippen LogP contribution < -0.4 is 15.3 Å². The largest absolute Gasteiger partial charge is 0.348 e. The number of Topliss-reactive ketones (excluding diaryl/α,β-unsaturated/α-hetero) is 2. The Balaban J connectivity index is 1.83. The van der Waals surface area contributed by atoms with Crippen molar-refractivity contribution in [3.05, 3.63) is 53.3 Å². The molecule has 0 bridgehead atoms. The van der Waals surface area contributed by atoms with Crippen molar-refractivity contribution in [3.8, 4) is 0 Å². The fraction of sp³-hybridized carbons (Fsp3) is 0.400. The van der Waals surface area contributed by atoms with Gasteiger partial charge in [0.05, 0.1) is 22.7 Å². The lowest BCUT2D eigenvalue weighted by Crippen LogP contribution is -2.51. The SMILES string of the molecule is COP1(=O)N=C(C2C(=O)c3cc(F)ccc3C(C)(CCC(C)C)C2=O)Nc2ccc(NS(C)(=O)=O)cc21. The van der Waals surface area contributed by atoms with Crippen molar-refractivity contribution in [3.63, 3.8) is 0 Å². The molecule has 4 rings (SSSR count). The Kier molecular flexibility index (Phi) is 6.94. The molecule has 0 saturated heterocycles. The van der Waals surface area contributed by atoms with Gasteiger partial charge in [0, 0.05) is 18.4 Å². The van der Waals surface area contributed by atoms with Crippen molar-refractivity contribution in [2.75, 3.05) is 23.4 Å². The summed E-state index contributed by atoms with van der Waals surface area (Å²) in [7, 11) is -6.43. The van der Waals surface area contributed by atoms with Crippen LogP contribution in [-0.2, 0) is 29.3 Å². The summed E-state index contributed by atoms with van der Waals surface area (Å²) in [6.07, 6.45) is 2.10. The van der Waals surface area contributed by atoms with Gasteiger partial charge < -0.3 is 9.84 Å². The van der Waals surface area contributed by atoms with Gasteiger partial charge in [-0.2, -0.15) is 4.76 Å². The molecule has 1 aliphatic carbocycles. The Hall–Kier alpha value is -2.88. The Morgan fingerprint density at radius 1 is 1.22 bits per heavy atom. The molecule has 0 spiro atoms. The van der Waals surface area contributed by atoms with Crippen molar-refractivity contribution in [2.45, 2.75) is 39.0 Å². The van der Waals surface area contributed by atoms with E-state index in [-0.39, 0.29) is 34.0 Å². The number of amidine groups is 1. The minimum Gasteiger partial charge on any atom is -0.342 e. The Labute approximate surface area is 215 Å². The van der Waals surface area contributed by atoms with E-state index in [4.69, 9.17) is 4.52 Å². The van der Waals surface area contributed by atoms with Gasteiger partial charge >= 0.3 is 7.52 Å². The van der Waals surface area contributed by atoms with Gasteiger partial charge in [-0.15, -0.1) is 0 Å². The lowest BCUT2D eigenvalue weighted by Gasteiger charge is -2.39. The third kappa shape index (κ3) is 5.00. The van der Waals surface area contributed by atoms with Crippen molar-refractivity contribution < 1.29 is 31.5 Å². The Morgan fingerprint density at radius 2 is 1.92 bits per heavy atom. The zero-order valence-electron chi connectivity index (χ0n) is 21.2. The third-order valence-electron chi connectivity index (χ3n) is 6.76. The van der Waals surface area contributed by atoms with Crippen molar-refractivity contribution >= 4 is 51.6 Å². The highest BCUT2D eigenvalue weighted by Crippen LogP contribution is 2.53. The highest BCUT2D eigenvalue weighted by molar-refractivity contribution is 7.92. The second kappa shape index (κ2) is 9.45. The van der Waals surface area contributed by atoms with E-state index in [1.54, 1.807) is 6.92 Å². The van der Waals surface area contributed by atoms with Gasteiger partial charge in [0.25, 0.3) is 0 Å². The quantitative estimate of drug-likeness (QED) is 0.390. The summed E-state index contributed by atoms with van der Waals surface area (Å²) < 4.78 is 63.1. The molecule has 37 heavy (non-hydrogen) atoms. The predicted octanol–water partition coefficient (Wildman–Crippen LogP) is 4.26. The number of halogens is 1. The molecule has 0 saturated carbocycles. The van der Waals surface area contributed by atoms with Crippen molar-refractivity contribution in [1.82, 2.24) is 0 Å². The number of carbonyl (C=O) groups is 2. The van der Waals surface area contributed by atoms with Gasteiger partial charge in [0.1, 0.15) is 17.6 Å². The van der Waals surface area contributed by atoms with E-state index in [2.05, 4.69) is 14.8 Å². The van der Waals surface area contributed by atoms with Gasteiger partial charge in [-0.25, -0.2) is 12.8 Å². The number of nitrogens with one attached hydrogen (secondary N) is 2. The van der Waals surface area contributed by atoms with Crippen LogP contribution in [0.2, 0.25) is 0 Å². The summed E-state index contributed by atoms with van der Waals surface area (Å²) in [5.41, 5.74) is -0.148. The summed E-state index contributed by atoms with van der Waals surface area (Å²) in [5, 5.41) is 3.02. The molecule has 0 radical (unpaired) electrons. The highest BCUT2D eigenvalue weighted by atomic mass is 32.2. The molecular formula is C25H29FN3O6PS. The molecule has 2 aromatic rings. The molecule has 198 valence electrons. The van der Waals surface area contributed by atoms with Gasteiger partial charge in [-0.1, -0.05) is 19.9 Å². The second-order valence-electron chi connectivity index (χ2n) is 10.0. The number of carbonyl (C=O) groups excluding carboxylic acids is 2. The van der Waals surface area contributed by atoms with E-state index in [0.29, 0.717) is 18.4 Å². The Morgan fingerprint density at radius 3 is 2.54 bits per heavy atom. The molecule has 0 fully saturated rings. The normalized spacial score (nSPS) is 25.3. The monoisotopic (exact) mass is 549 g/mol. The first-order valence-corrected chi connectivity index (χ1v) is 15.2. The van der Waals surface area contributed by atoms with Crippen LogP contribution in [0.5, 0.6) is 0 Å². The lowest BCUT2D eigenvalue weighted by molar-refractivity contribution is -0.125.